The van der Waals surface area contributed by atoms with Crippen molar-refractivity contribution >= 4 is 11.8 Å². The standard InChI is InChI=1S/C20H28N4O3/c25-18-6-5-16(12-21-18)20(26)24-9-7-14(8-10-24)13-27-19-11-15-3-1-2-4-17(15)22-23-19/h11,14,16H,1-10,12-13H2,(H,21,25). The van der Waals surface area contributed by atoms with Gasteiger partial charge in [0.15, 0.2) is 0 Å². The summed E-state index contributed by atoms with van der Waals surface area (Å²) in [6.45, 7) is 2.66. The molecule has 7 nitrogen and oxygen atoms in total. The SMILES string of the molecule is O=C1CCC(C(=O)N2CCC(COc3cc4c(nn3)CCCC4)CC2)CN1. The fourth-order valence-corrected chi connectivity index (χ4v) is 4.27. The maximum Gasteiger partial charge on any atom is 0.233 e. The minimum atomic E-state index is -0.0544. The summed E-state index contributed by atoms with van der Waals surface area (Å²) in [5.74, 6) is 1.27. The molecule has 1 aromatic rings. The van der Waals surface area contributed by atoms with Gasteiger partial charge in [-0.1, -0.05) is 0 Å². The first-order chi connectivity index (χ1) is 13.2. The second kappa shape index (κ2) is 8.23. The number of carbonyl (C=O) groups is 2. The molecule has 3 aliphatic rings. The lowest BCUT2D eigenvalue weighted by molar-refractivity contribution is -0.138. The molecule has 1 aliphatic carbocycles. The van der Waals surface area contributed by atoms with Gasteiger partial charge >= 0.3 is 0 Å². The van der Waals surface area contributed by atoms with Crippen molar-refractivity contribution in [3.63, 3.8) is 0 Å². The molecule has 2 fully saturated rings. The third-order valence-electron chi connectivity index (χ3n) is 6.06. The molecule has 2 aliphatic heterocycles. The predicted octanol–water partition coefficient (Wildman–Crippen LogP) is 1.50. The van der Waals surface area contributed by atoms with Gasteiger partial charge in [-0.05, 0) is 56.4 Å². The predicted molar refractivity (Wildman–Crippen MR) is 99.2 cm³/mol. The number of nitrogens with one attached hydrogen (secondary N) is 1. The van der Waals surface area contributed by atoms with Crippen LogP contribution in [0.15, 0.2) is 6.07 Å². The first-order valence-corrected chi connectivity index (χ1v) is 10.2. The largest absolute Gasteiger partial charge is 0.476 e. The van der Waals surface area contributed by atoms with Crippen LogP contribution >= 0.6 is 0 Å². The van der Waals surface area contributed by atoms with Crippen LogP contribution in [-0.4, -0.2) is 53.2 Å². The van der Waals surface area contributed by atoms with Gasteiger partial charge in [0.25, 0.3) is 0 Å². The molecule has 146 valence electrons. The van der Waals surface area contributed by atoms with Crippen LogP contribution < -0.4 is 10.1 Å². The number of aryl methyl sites for hydroxylation is 2. The maximum absolute atomic E-state index is 12.6. The number of piperidine rings is 2. The number of ether oxygens (including phenoxy) is 1. The average molecular weight is 372 g/mol. The van der Waals surface area contributed by atoms with E-state index in [0.717, 1.165) is 44.5 Å². The van der Waals surface area contributed by atoms with E-state index in [4.69, 9.17) is 4.74 Å². The first-order valence-electron chi connectivity index (χ1n) is 10.2. The molecular weight excluding hydrogens is 344 g/mol. The number of hydrogen-bond donors (Lipinski definition) is 1. The van der Waals surface area contributed by atoms with Gasteiger partial charge in [-0.15, -0.1) is 5.10 Å². The molecule has 27 heavy (non-hydrogen) atoms. The number of hydrogen-bond acceptors (Lipinski definition) is 5. The lowest BCUT2D eigenvalue weighted by Gasteiger charge is -2.35. The van der Waals surface area contributed by atoms with Gasteiger partial charge < -0.3 is 15.0 Å². The van der Waals surface area contributed by atoms with Gasteiger partial charge in [0.2, 0.25) is 17.7 Å². The summed E-state index contributed by atoms with van der Waals surface area (Å²) in [6.07, 6.45) is 7.55. The fraction of sp³-hybridized carbons (Fsp3) is 0.700. The number of carbonyl (C=O) groups excluding carboxylic acids is 2. The van der Waals surface area contributed by atoms with Crippen molar-refractivity contribution in [1.82, 2.24) is 20.4 Å². The summed E-state index contributed by atoms with van der Waals surface area (Å²) in [7, 11) is 0. The summed E-state index contributed by atoms with van der Waals surface area (Å²) in [5, 5.41) is 11.3. The Labute approximate surface area is 159 Å². The van der Waals surface area contributed by atoms with Crippen LogP contribution in [0.25, 0.3) is 0 Å². The molecule has 0 bridgehead atoms. The van der Waals surface area contributed by atoms with E-state index < -0.39 is 0 Å². The summed E-state index contributed by atoms with van der Waals surface area (Å²) >= 11 is 0. The molecule has 1 unspecified atom stereocenters. The molecule has 0 saturated carbocycles. The Kier molecular flexibility index (Phi) is 5.55. The van der Waals surface area contributed by atoms with E-state index in [0.29, 0.717) is 37.8 Å². The Morgan fingerprint density at radius 3 is 2.74 bits per heavy atom. The number of likely N-dealkylation sites (tertiary alicyclic amines) is 1. The summed E-state index contributed by atoms with van der Waals surface area (Å²) in [6, 6.07) is 2.05. The van der Waals surface area contributed by atoms with E-state index >= 15 is 0 Å². The van der Waals surface area contributed by atoms with Crippen LogP contribution in [0.5, 0.6) is 5.88 Å². The highest BCUT2D eigenvalue weighted by molar-refractivity contribution is 5.83. The third kappa shape index (κ3) is 4.39. The van der Waals surface area contributed by atoms with E-state index in [1.165, 1.54) is 18.4 Å². The van der Waals surface area contributed by atoms with Gasteiger partial charge in [0, 0.05) is 32.1 Å². The van der Waals surface area contributed by atoms with E-state index in [2.05, 4.69) is 21.6 Å². The van der Waals surface area contributed by atoms with Crippen LogP contribution in [0.4, 0.5) is 0 Å². The Bertz CT molecular complexity index is 690. The summed E-state index contributed by atoms with van der Waals surface area (Å²) in [5.41, 5.74) is 2.41. The van der Waals surface area contributed by atoms with Gasteiger partial charge in [0.05, 0.1) is 18.2 Å². The molecule has 0 spiro atoms. The normalized spacial score (nSPS) is 23.5. The molecular formula is C20H28N4O3. The number of amides is 2. The van der Waals surface area contributed by atoms with E-state index in [1.54, 1.807) is 0 Å². The lowest BCUT2D eigenvalue weighted by atomic mass is 9.93. The second-order valence-electron chi connectivity index (χ2n) is 7.98. The van der Waals surface area contributed by atoms with Gasteiger partial charge in [-0.2, -0.15) is 5.10 Å². The first kappa shape index (κ1) is 18.2. The number of fused-ring (bicyclic) bond motifs is 1. The molecule has 4 rings (SSSR count). The molecule has 2 amide bonds. The molecule has 1 aromatic heterocycles. The Balaban J connectivity index is 1.23. The Morgan fingerprint density at radius 2 is 1.96 bits per heavy atom. The number of aromatic nitrogens is 2. The molecule has 1 N–H and O–H groups in total. The van der Waals surface area contributed by atoms with Crippen LogP contribution in [0.1, 0.15) is 49.8 Å². The lowest BCUT2D eigenvalue weighted by Crippen LogP contribution is -2.47. The zero-order chi connectivity index (χ0) is 18.6. The number of nitrogens with zero attached hydrogens (tertiary/aromatic N) is 3. The van der Waals surface area contributed by atoms with Crippen molar-refractivity contribution < 1.29 is 14.3 Å². The molecule has 3 heterocycles. The quantitative estimate of drug-likeness (QED) is 0.866. The Hall–Kier alpha value is -2.18. The van der Waals surface area contributed by atoms with Crippen LogP contribution in [0.3, 0.4) is 0 Å². The minimum Gasteiger partial charge on any atom is -0.476 e. The van der Waals surface area contributed by atoms with E-state index in [1.807, 2.05) is 4.90 Å². The topological polar surface area (TPSA) is 84.4 Å². The molecule has 2 saturated heterocycles. The maximum atomic E-state index is 12.6. The van der Waals surface area contributed by atoms with Gasteiger partial charge in [0.1, 0.15) is 0 Å². The van der Waals surface area contributed by atoms with Gasteiger partial charge in [-0.25, -0.2) is 0 Å². The molecule has 7 heteroatoms. The molecule has 0 aromatic carbocycles. The highest BCUT2D eigenvalue weighted by Gasteiger charge is 2.31. The smallest absolute Gasteiger partial charge is 0.233 e. The monoisotopic (exact) mass is 372 g/mol. The van der Waals surface area contributed by atoms with Crippen molar-refractivity contribution in [3.8, 4) is 5.88 Å². The second-order valence-corrected chi connectivity index (χ2v) is 7.98. The van der Waals surface area contributed by atoms with Crippen LogP contribution in [0.2, 0.25) is 0 Å². The van der Waals surface area contributed by atoms with Crippen molar-refractivity contribution in [2.75, 3.05) is 26.2 Å². The summed E-state index contributed by atoms with van der Waals surface area (Å²) in [4.78, 5) is 25.8. The highest BCUT2D eigenvalue weighted by atomic mass is 16.5. The highest BCUT2D eigenvalue weighted by Crippen LogP contribution is 2.24. The van der Waals surface area contributed by atoms with Crippen molar-refractivity contribution in [1.29, 1.82) is 0 Å². The van der Waals surface area contributed by atoms with Crippen molar-refractivity contribution in [2.24, 2.45) is 11.8 Å². The molecule has 0 radical (unpaired) electrons. The van der Waals surface area contributed by atoms with Crippen molar-refractivity contribution in [3.05, 3.63) is 17.3 Å². The van der Waals surface area contributed by atoms with Crippen LogP contribution in [0, 0.1) is 11.8 Å². The Morgan fingerprint density at radius 1 is 1.15 bits per heavy atom. The molecule has 1 atom stereocenters. The average Bonchev–Trinajstić information content (AvgIpc) is 2.72. The van der Waals surface area contributed by atoms with E-state index in [-0.39, 0.29) is 17.7 Å². The fourth-order valence-electron chi connectivity index (χ4n) is 4.27. The minimum absolute atomic E-state index is 0.0544. The number of rotatable bonds is 4. The zero-order valence-corrected chi connectivity index (χ0v) is 15.8. The third-order valence-corrected chi connectivity index (χ3v) is 6.06. The zero-order valence-electron chi connectivity index (χ0n) is 15.8. The van der Waals surface area contributed by atoms with Crippen molar-refractivity contribution in [2.45, 2.75) is 51.4 Å². The van der Waals surface area contributed by atoms with Crippen LogP contribution in [-0.2, 0) is 22.4 Å². The van der Waals surface area contributed by atoms with E-state index in [9.17, 15) is 9.59 Å². The van der Waals surface area contributed by atoms with Gasteiger partial charge in [-0.3, -0.25) is 9.59 Å². The summed E-state index contributed by atoms with van der Waals surface area (Å²) < 4.78 is 5.91.